The standard InChI is InChI=1S/C12H15N4/c1-10(4-5-13)16-8-12(15-9-16)11-3-2-6-14-7-11/h2-3,6-10,13H,4-5H2,1H3/t10-/m1/s1. The Kier molecular flexibility index (Phi) is 3.31. The Morgan fingerprint density at radius 3 is 3.06 bits per heavy atom. The van der Waals surface area contributed by atoms with Crippen LogP contribution in [-0.4, -0.2) is 21.1 Å². The highest BCUT2D eigenvalue weighted by Crippen LogP contribution is 2.18. The Morgan fingerprint density at radius 1 is 1.50 bits per heavy atom. The average molecular weight is 215 g/mol. The summed E-state index contributed by atoms with van der Waals surface area (Å²) in [4.78, 5) is 8.42. The van der Waals surface area contributed by atoms with Crippen LogP contribution in [0.5, 0.6) is 0 Å². The van der Waals surface area contributed by atoms with Crippen LogP contribution in [0.3, 0.4) is 0 Å². The predicted octanol–water partition coefficient (Wildman–Crippen LogP) is 2.18. The van der Waals surface area contributed by atoms with Crippen molar-refractivity contribution in [3.8, 4) is 11.3 Å². The third kappa shape index (κ3) is 2.28. The molecule has 1 radical (unpaired) electrons. The first kappa shape index (κ1) is 10.8. The van der Waals surface area contributed by atoms with Gasteiger partial charge in [-0.05, 0) is 25.5 Å². The van der Waals surface area contributed by atoms with Crippen LogP contribution >= 0.6 is 0 Å². The summed E-state index contributed by atoms with van der Waals surface area (Å²) in [5.74, 6) is 0. The van der Waals surface area contributed by atoms with Gasteiger partial charge in [-0.25, -0.2) is 4.98 Å². The van der Waals surface area contributed by atoms with E-state index in [9.17, 15) is 0 Å². The monoisotopic (exact) mass is 215 g/mol. The first-order chi connectivity index (χ1) is 7.81. The maximum Gasteiger partial charge on any atom is 0.0956 e. The Balaban J connectivity index is 2.20. The largest absolute Gasteiger partial charge is 0.334 e. The zero-order chi connectivity index (χ0) is 11.4. The molecule has 0 aliphatic rings. The van der Waals surface area contributed by atoms with Gasteiger partial charge in [0, 0.05) is 36.7 Å². The van der Waals surface area contributed by atoms with Crippen molar-refractivity contribution in [2.24, 2.45) is 0 Å². The molecule has 4 nitrogen and oxygen atoms in total. The van der Waals surface area contributed by atoms with Gasteiger partial charge in [-0.2, -0.15) is 0 Å². The fourth-order valence-corrected chi connectivity index (χ4v) is 1.60. The predicted molar refractivity (Wildman–Crippen MR) is 62.7 cm³/mol. The number of rotatable bonds is 4. The number of hydrogen-bond donors (Lipinski definition) is 0. The molecule has 0 aromatic carbocycles. The normalized spacial score (nSPS) is 12.6. The van der Waals surface area contributed by atoms with Crippen LogP contribution in [-0.2, 0) is 0 Å². The molecule has 0 saturated carbocycles. The average Bonchev–Trinajstić information content (AvgIpc) is 2.80. The Hall–Kier alpha value is -1.68. The zero-order valence-corrected chi connectivity index (χ0v) is 9.30. The van der Waals surface area contributed by atoms with E-state index in [1.54, 1.807) is 6.20 Å². The fraction of sp³-hybridized carbons (Fsp3) is 0.333. The van der Waals surface area contributed by atoms with Gasteiger partial charge in [0.1, 0.15) is 0 Å². The molecule has 0 aliphatic carbocycles. The quantitative estimate of drug-likeness (QED) is 0.784. The first-order valence-electron chi connectivity index (χ1n) is 5.39. The molecule has 0 spiro atoms. The molecule has 0 bridgehead atoms. The lowest BCUT2D eigenvalue weighted by molar-refractivity contribution is 0.510. The number of hydrogen-bond acceptors (Lipinski definition) is 2. The van der Waals surface area contributed by atoms with Gasteiger partial charge >= 0.3 is 0 Å². The molecular formula is C12H15N4. The van der Waals surface area contributed by atoms with E-state index in [1.165, 1.54) is 0 Å². The molecule has 16 heavy (non-hydrogen) atoms. The van der Waals surface area contributed by atoms with Gasteiger partial charge in [-0.3, -0.25) is 10.7 Å². The second kappa shape index (κ2) is 4.90. The summed E-state index contributed by atoms with van der Waals surface area (Å²) in [7, 11) is 0. The summed E-state index contributed by atoms with van der Waals surface area (Å²) in [6.45, 7) is 2.55. The van der Waals surface area contributed by atoms with E-state index in [0.29, 0.717) is 12.6 Å². The zero-order valence-electron chi connectivity index (χ0n) is 9.30. The lowest BCUT2D eigenvalue weighted by atomic mass is 10.2. The minimum absolute atomic E-state index is 0.329. The number of imidazole rings is 1. The molecule has 1 atom stereocenters. The van der Waals surface area contributed by atoms with Crippen LogP contribution in [0.2, 0.25) is 0 Å². The van der Waals surface area contributed by atoms with Gasteiger partial charge in [0.2, 0.25) is 0 Å². The topological polar surface area (TPSA) is 54.5 Å². The van der Waals surface area contributed by atoms with Crippen LogP contribution in [0.4, 0.5) is 0 Å². The van der Waals surface area contributed by atoms with Crippen molar-refractivity contribution in [3.05, 3.63) is 37.1 Å². The summed E-state index contributed by atoms with van der Waals surface area (Å²) >= 11 is 0. The second-order valence-corrected chi connectivity index (χ2v) is 3.84. The number of nitrogens with one attached hydrogen (secondary N) is 1. The SMILES string of the molecule is C[C@H](CC[NH])n1cnc(-c2cccnc2)c1. The summed E-state index contributed by atoms with van der Waals surface area (Å²) in [5.41, 5.74) is 9.17. The molecule has 2 aromatic rings. The van der Waals surface area contributed by atoms with Crippen molar-refractivity contribution in [1.29, 1.82) is 0 Å². The van der Waals surface area contributed by atoms with Gasteiger partial charge < -0.3 is 4.57 Å². The summed E-state index contributed by atoms with van der Waals surface area (Å²) in [6, 6.07) is 4.23. The molecule has 2 aromatic heterocycles. The third-order valence-corrected chi connectivity index (χ3v) is 2.63. The molecule has 83 valence electrons. The second-order valence-electron chi connectivity index (χ2n) is 3.84. The fourth-order valence-electron chi connectivity index (χ4n) is 1.60. The van der Waals surface area contributed by atoms with Crippen molar-refractivity contribution in [1.82, 2.24) is 20.3 Å². The third-order valence-electron chi connectivity index (χ3n) is 2.63. The van der Waals surface area contributed by atoms with Gasteiger partial charge in [0.15, 0.2) is 0 Å². The molecule has 2 rings (SSSR count). The lowest BCUT2D eigenvalue weighted by Crippen LogP contribution is -2.04. The van der Waals surface area contributed by atoms with Crippen molar-refractivity contribution in [2.75, 3.05) is 6.54 Å². The van der Waals surface area contributed by atoms with Gasteiger partial charge in [-0.15, -0.1) is 0 Å². The van der Waals surface area contributed by atoms with Crippen molar-refractivity contribution in [2.45, 2.75) is 19.4 Å². The van der Waals surface area contributed by atoms with E-state index in [4.69, 9.17) is 5.73 Å². The molecule has 0 fully saturated rings. The summed E-state index contributed by atoms with van der Waals surface area (Å²) in [6.07, 6.45) is 8.24. The van der Waals surface area contributed by atoms with Gasteiger partial charge in [0.05, 0.1) is 12.0 Å². The van der Waals surface area contributed by atoms with E-state index >= 15 is 0 Å². The summed E-state index contributed by atoms with van der Waals surface area (Å²) in [5, 5.41) is 0. The van der Waals surface area contributed by atoms with Crippen LogP contribution in [0.1, 0.15) is 19.4 Å². The minimum Gasteiger partial charge on any atom is -0.334 e. The number of nitrogens with zero attached hydrogens (tertiary/aromatic N) is 3. The highest BCUT2D eigenvalue weighted by atomic mass is 15.1. The Bertz CT molecular complexity index is 435. The van der Waals surface area contributed by atoms with Crippen LogP contribution < -0.4 is 5.73 Å². The Labute approximate surface area is 95.1 Å². The first-order valence-corrected chi connectivity index (χ1v) is 5.39. The van der Waals surface area contributed by atoms with Crippen LogP contribution in [0.15, 0.2) is 37.1 Å². The lowest BCUT2D eigenvalue weighted by Gasteiger charge is -2.10. The van der Waals surface area contributed by atoms with E-state index in [-0.39, 0.29) is 0 Å². The maximum atomic E-state index is 7.21. The highest BCUT2D eigenvalue weighted by molar-refractivity contribution is 5.56. The molecule has 0 saturated heterocycles. The van der Waals surface area contributed by atoms with E-state index < -0.39 is 0 Å². The van der Waals surface area contributed by atoms with E-state index in [0.717, 1.165) is 17.7 Å². The van der Waals surface area contributed by atoms with Crippen LogP contribution in [0.25, 0.3) is 11.3 Å². The molecule has 0 amide bonds. The molecule has 0 unspecified atom stereocenters. The maximum absolute atomic E-state index is 7.21. The molecule has 2 heterocycles. The van der Waals surface area contributed by atoms with E-state index in [2.05, 4.69) is 21.5 Å². The van der Waals surface area contributed by atoms with Crippen molar-refractivity contribution in [3.63, 3.8) is 0 Å². The smallest absolute Gasteiger partial charge is 0.0956 e. The molecule has 1 N–H and O–H groups in total. The molecule has 4 heteroatoms. The summed E-state index contributed by atoms with van der Waals surface area (Å²) < 4.78 is 2.05. The van der Waals surface area contributed by atoms with Gasteiger partial charge in [-0.1, -0.05) is 0 Å². The van der Waals surface area contributed by atoms with Crippen molar-refractivity contribution < 1.29 is 0 Å². The van der Waals surface area contributed by atoms with Crippen LogP contribution in [0, 0.1) is 0 Å². The number of aromatic nitrogens is 3. The molecular weight excluding hydrogens is 200 g/mol. The Morgan fingerprint density at radius 2 is 2.38 bits per heavy atom. The minimum atomic E-state index is 0.329. The van der Waals surface area contributed by atoms with Crippen molar-refractivity contribution >= 4 is 0 Å². The van der Waals surface area contributed by atoms with Gasteiger partial charge in [0.25, 0.3) is 0 Å². The number of pyridine rings is 1. The highest BCUT2D eigenvalue weighted by Gasteiger charge is 2.06. The van der Waals surface area contributed by atoms with E-state index in [1.807, 2.05) is 30.9 Å². The molecule has 0 aliphatic heterocycles.